The van der Waals surface area contributed by atoms with Crippen LogP contribution in [-0.4, -0.2) is 29.6 Å². The van der Waals surface area contributed by atoms with Gasteiger partial charge in [0.25, 0.3) is 0 Å². The molecule has 0 aliphatic carbocycles. The second-order valence-corrected chi connectivity index (χ2v) is 6.90. The van der Waals surface area contributed by atoms with Gasteiger partial charge in [-0.05, 0) is 51.8 Å². The topological polar surface area (TPSA) is 15.3 Å². The summed E-state index contributed by atoms with van der Waals surface area (Å²) in [6, 6.07) is 8.81. The molecule has 19 heavy (non-hydrogen) atoms. The van der Waals surface area contributed by atoms with Gasteiger partial charge in [0.15, 0.2) is 0 Å². The molecule has 1 heterocycles. The van der Waals surface area contributed by atoms with Crippen LogP contribution in [0, 0.1) is 0 Å². The summed E-state index contributed by atoms with van der Waals surface area (Å²) >= 11 is 6.26. The van der Waals surface area contributed by atoms with E-state index in [1.807, 2.05) is 12.1 Å². The van der Waals surface area contributed by atoms with Crippen molar-refractivity contribution in [3.8, 4) is 0 Å². The zero-order chi connectivity index (χ0) is 13.9. The molecule has 1 aliphatic heterocycles. The first-order chi connectivity index (χ1) is 8.96. The number of rotatable bonds is 4. The lowest BCUT2D eigenvalue weighted by Crippen LogP contribution is -2.45. The number of benzene rings is 1. The maximum atomic E-state index is 6.26. The van der Waals surface area contributed by atoms with Crippen LogP contribution >= 0.6 is 11.6 Å². The largest absolute Gasteiger partial charge is 0.311 e. The fraction of sp³-hybridized carbons (Fsp3) is 0.625. The van der Waals surface area contributed by atoms with Crippen LogP contribution in [0.25, 0.3) is 0 Å². The van der Waals surface area contributed by atoms with Gasteiger partial charge in [-0.3, -0.25) is 4.90 Å². The van der Waals surface area contributed by atoms with Crippen molar-refractivity contribution in [2.75, 3.05) is 13.1 Å². The number of nitrogens with one attached hydrogen (secondary N) is 1. The van der Waals surface area contributed by atoms with Crippen molar-refractivity contribution >= 4 is 11.6 Å². The second-order valence-electron chi connectivity index (χ2n) is 6.49. The predicted octanol–water partition coefficient (Wildman–Crippen LogP) is 3.69. The Balaban J connectivity index is 1.94. The molecule has 106 valence electrons. The quantitative estimate of drug-likeness (QED) is 0.905. The fourth-order valence-corrected chi connectivity index (χ4v) is 2.80. The van der Waals surface area contributed by atoms with Crippen molar-refractivity contribution in [1.29, 1.82) is 0 Å². The molecule has 1 N–H and O–H groups in total. The van der Waals surface area contributed by atoms with E-state index in [2.05, 4.69) is 43.1 Å². The lowest BCUT2D eigenvalue weighted by Gasteiger charge is -2.29. The Morgan fingerprint density at radius 2 is 2.05 bits per heavy atom. The highest BCUT2D eigenvalue weighted by atomic mass is 35.5. The number of likely N-dealkylation sites (tertiary alicyclic amines) is 1. The van der Waals surface area contributed by atoms with Crippen molar-refractivity contribution in [3.63, 3.8) is 0 Å². The highest BCUT2D eigenvalue weighted by molar-refractivity contribution is 6.31. The summed E-state index contributed by atoms with van der Waals surface area (Å²) in [6.45, 7) is 9.88. The average molecular weight is 281 g/mol. The first kappa shape index (κ1) is 14.8. The van der Waals surface area contributed by atoms with Crippen LogP contribution in [-0.2, 0) is 6.54 Å². The highest BCUT2D eigenvalue weighted by Crippen LogP contribution is 2.23. The first-order valence-corrected chi connectivity index (χ1v) is 7.56. The van der Waals surface area contributed by atoms with E-state index >= 15 is 0 Å². The van der Waals surface area contributed by atoms with Gasteiger partial charge in [-0.2, -0.15) is 0 Å². The molecule has 0 radical (unpaired) electrons. The number of halogens is 1. The van der Waals surface area contributed by atoms with Crippen molar-refractivity contribution < 1.29 is 0 Å². The van der Waals surface area contributed by atoms with Gasteiger partial charge < -0.3 is 5.32 Å². The second kappa shape index (κ2) is 6.25. The minimum Gasteiger partial charge on any atom is -0.311 e. The molecule has 0 saturated carbocycles. The van der Waals surface area contributed by atoms with E-state index in [4.69, 9.17) is 11.6 Å². The Morgan fingerprint density at radius 3 is 2.74 bits per heavy atom. The molecule has 1 aliphatic rings. The third-order valence-corrected chi connectivity index (χ3v) is 4.07. The van der Waals surface area contributed by atoms with Crippen molar-refractivity contribution in [2.24, 2.45) is 0 Å². The SMILES string of the molecule is CC(C)(C)NCC1CCCN1Cc1ccccc1Cl. The van der Waals surface area contributed by atoms with Gasteiger partial charge in [0.2, 0.25) is 0 Å². The third kappa shape index (κ3) is 4.48. The summed E-state index contributed by atoms with van der Waals surface area (Å²) < 4.78 is 0. The Kier molecular flexibility index (Phi) is 4.88. The van der Waals surface area contributed by atoms with Crippen molar-refractivity contribution in [3.05, 3.63) is 34.9 Å². The molecule has 2 nitrogen and oxygen atoms in total. The Labute approximate surface area is 122 Å². The van der Waals surface area contributed by atoms with Crippen LogP contribution in [0.2, 0.25) is 5.02 Å². The lowest BCUT2D eigenvalue weighted by molar-refractivity contribution is 0.226. The first-order valence-electron chi connectivity index (χ1n) is 7.18. The molecule has 1 unspecified atom stereocenters. The molecule has 1 atom stereocenters. The van der Waals surface area contributed by atoms with E-state index in [-0.39, 0.29) is 5.54 Å². The number of hydrogen-bond acceptors (Lipinski definition) is 2. The molecule has 1 saturated heterocycles. The van der Waals surface area contributed by atoms with Gasteiger partial charge in [-0.1, -0.05) is 29.8 Å². The summed E-state index contributed by atoms with van der Waals surface area (Å²) in [7, 11) is 0. The lowest BCUT2D eigenvalue weighted by atomic mass is 10.1. The summed E-state index contributed by atoms with van der Waals surface area (Å²) in [5, 5.41) is 4.51. The molecule has 0 amide bonds. The van der Waals surface area contributed by atoms with E-state index in [0.29, 0.717) is 6.04 Å². The highest BCUT2D eigenvalue weighted by Gasteiger charge is 2.25. The summed E-state index contributed by atoms with van der Waals surface area (Å²) in [4.78, 5) is 2.56. The van der Waals surface area contributed by atoms with Crippen molar-refractivity contribution in [2.45, 2.75) is 51.7 Å². The van der Waals surface area contributed by atoms with Crippen LogP contribution in [0.3, 0.4) is 0 Å². The zero-order valence-corrected chi connectivity index (χ0v) is 13.0. The predicted molar refractivity (Wildman–Crippen MR) is 82.6 cm³/mol. The molecule has 0 aromatic heterocycles. The van der Waals surface area contributed by atoms with Gasteiger partial charge in [0.1, 0.15) is 0 Å². The van der Waals surface area contributed by atoms with Gasteiger partial charge in [0, 0.05) is 29.7 Å². The maximum Gasteiger partial charge on any atom is 0.0451 e. The summed E-state index contributed by atoms with van der Waals surface area (Å²) in [6.07, 6.45) is 2.58. The summed E-state index contributed by atoms with van der Waals surface area (Å²) in [5.74, 6) is 0. The summed E-state index contributed by atoms with van der Waals surface area (Å²) in [5.41, 5.74) is 1.44. The fourth-order valence-electron chi connectivity index (χ4n) is 2.60. The third-order valence-electron chi connectivity index (χ3n) is 3.70. The molecule has 0 bridgehead atoms. The van der Waals surface area contributed by atoms with Gasteiger partial charge in [-0.25, -0.2) is 0 Å². The van der Waals surface area contributed by atoms with E-state index in [1.165, 1.54) is 24.9 Å². The molecule has 0 spiro atoms. The molecule has 1 fully saturated rings. The standard InChI is InChI=1S/C16H25ClN2/c1-16(2,3)18-11-14-8-6-10-19(14)12-13-7-4-5-9-15(13)17/h4-5,7,9,14,18H,6,8,10-12H2,1-3H3. The van der Waals surface area contributed by atoms with Gasteiger partial charge in [0.05, 0.1) is 0 Å². The van der Waals surface area contributed by atoms with E-state index in [1.54, 1.807) is 0 Å². The number of nitrogens with zero attached hydrogens (tertiary/aromatic N) is 1. The van der Waals surface area contributed by atoms with Crippen LogP contribution in [0.5, 0.6) is 0 Å². The van der Waals surface area contributed by atoms with Crippen LogP contribution in [0.4, 0.5) is 0 Å². The zero-order valence-electron chi connectivity index (χ0n) is 12.2. The Morgan fingerprint density at radius 1 is 1.32 bits per heavy atom. The average Bonchev–Trinajstić information content (AvgIpc) is 2.76. The Bertz CT molecular complexity index is 411. The minimum atomic E-state index is 0.193. The van der Waals surface area contributed by atoms with Gasteiger partial charge >= 0.3 is 0 Å². The maximum absolute atomic E-state index is 6.26. The van der Waals surface area contributed by atoms with E-state index < -0.39 is 0 Å². The number of hydrogen-bond donors (Lipinski definition) is 1. The molecule has 3 heteroatoms. The molecule has 2 rings (SSSR count). The van der Waals surface area contributed by atoms with Crippen molar-refractivity contribution in [1.82, 2.24) is 10.2 Å². The minimum absolute atomic E-state index is 0.193. The van der Waals surface area contributed by atoms with Crippen LogP contribution < -0.4 is 5.32 Å². The molecule has 1 aromatic rings. The van der Waals surface area contributed by atoms with Crippen LogP contribution in [0.1, 0.15) is 39.2 Å². The van der Waals surface area contributed by atoms with Gasteiger partial charge in [-0.15, -0.1) is 0 Å². The monoisotopic (exact) mass is 280 g/mol. The van der Waals surface area contributed by atoms with Crippen LogP contribution in [0.15, 0.2) is 24.3 Å². The van der Waals surface area contributed by atoms with E-state index in [9.17, 15) is 0 Å². The molecular formula is C16H25ClN2. The molecule has 1 aromatic carbocycles. The van der Waals surface area contributed by atoms with E-state index in [0.717, 1.165) is 18.1 Å². The smallest absolute Gasteiger partial charge is 0.0451 e. The Hall–Kier alpha value is -0.570. The normalized spacial score (nSPS) is 20.9. The molecular weight excluding hydrogens is 256 g/mol.